The molecule has 0 saturated carbocycles. The number of alkyl halides is 3. The molecule has 0 saturated heterocycles. The van der Waals surface area contributed by atoms with Crippen LogP contribution in [0.2, 0.25) is 0 Å². The van der Waals surface area contributed by atoms with E-state index in [-0.39, 0.29) is 40.0 Å². The molecular formula is C19H16F3N3O5. The molecule has 11 heteroatoms. The number of hydrogen-bond donors (Lipinski definition) is 3. The zero-order valence-electron chi connectivity index (χ0n) is 15.7. The first-order valence-electron chi connectivity index (χ1n) is 8.47. The number of rotatable bonds is 5. The lowest BCUT2D eigenvalue weighted by molar-refractivity contribution is -0.138. The molecule has 0 atom stereocenters. The second-order valence-electron chi connectivity index (χ2n) is 6.44. The minimum atomic E-state index is -4.63. The Morgan fingerprint density at radius 1 is 1.10 bits per heavy atom. The van der Waals surface area contributed by atoms with Gasteiger partial charge < -0.3 is 20.1 Å². The van der Waals surface area contributed by atoms with Gasteiger partial charge in [-0.2, -0.15) is 13.2 Å². The fraction of sp³-hybridized carbons (Fsp3) is 0.211. The van der Waals surface area contributed by atoms with Crippen molar-refractivity contribution in [3.63, 3.8) is 0 Å². The number of aryl methyl sites for hydroxylation is 1. The third-order valence-corrected chi connectivity index (χ3v) is 4.23. The van der Waals surface area contributed by atoms with E-state index in [1.807, 2.05) is 0 Å². The van der Waals surface area contributed by atoms with Gasteiger partial charge in [-0.15, -0.1) is 10.2 Å². The summed E-state index contributed by atoms with van der Waals surface area (Å²) in [6.07, 6.45) is -5.26. The first-order valence-corrected chi connectivity index (χ1v) is 8.47. The molecule has 2 aromatic carbocycles. The average Bonchev–Trinajstić information content (AvgIpc) is 3.03. The summed E-state index contributed by atoms with van der Waals surface area (Å²) in [6.45, 7) is 1.46. The number of nitrogens with zero attached hydrogens (tertiary/aromatic N) is 3. The number of aromatic nitrogens is 3. The van der Waals surface area contributed by atoms with Gasteiger partial charge >= 0.3 is 12.1 Å². The molecule has 0 aliphatic rings. The maximum Gasteiger partial charge on any atom is 0.416 e. The second-order valence-corrected chi connectivity index (χ2v) is 6.44. The Morgan fingerprint density at radius 3 is 2.40 bits per heavy atom. The summed E-state index contributed by atoms with van der Waals surface area (Å²) < 4.78 is 46.0. The molecule has 8 nitrogen and oxygen atoms in total. The highest BCUT2D eigenvalue weighted by Crippen LogP contribution is 2.40. The first-order chi connectivity index (χ1) is 14.0. The Bertz CT molecular complexity index is 1130. The Balaban J connectivity index is 2.31. The Kier molecular flexibility index (Phi) is 5.29. The smallest absolute Gasteiger partial charge is 0.416 e. The molecule has 0 aliphatic heterocycles. The van der Waals surface area contributed by atoms with Crippen LogP contribution in [-0.4, -0.2) is 43.2 Å². The summed E-state index contributed by atoms with van der Waals surface area (Å²) in [7, 11) is 1.27. The summed E-state index contributed by atoms with van der Waals surface area (Å²) >= 11 is 0. The number of halogens is 3. The molecule has 0 fully saturated rings. The molecule has 3 N–H and O–H groups in total. The molecule has 0 radical (unpaired) electrons. The molecule has 0 aliphatic carbocycles. The summed E-state index contributed by atoms with van der Waals surface area (Å²) in [4.78, 5) is 11.2. The van der Waals surface area contributed by atoms with Crippen LogP contribution in [0, 0.1) is 6.92 Å². The fourth-order valence-electron chi connectivity index (χ4n) is 2.97. The van der Waals surface area contributed by atoms with Gasteiger partial charge in [0, 0.05) is 11.8 Å². The third-order valence-electron chi connectivity index (χ3n) is 4.23. The van der Waals surface area contributed by atoms with Crippen molar-refractivity contribution in [2.75, 3.05) is 7.11 Å². The number of methoxy groups -OCH3 is 1. The molecule has 0 spiro atoms. The minimum absolute atomic E-state index is 0.0242. The van der Waals surface area contributed by atoms with Gasteiger partial charge in [0.15, 0.2) is 17.3 Å². The van der Waals surface area contributed by atoms with Gasteiger partial charge in [0.1, 0.15) is 18.0 Å². The zero-order chi connectivity index (χ0) is 22.2. The lowest BCUT2D eigenvalue weighted by Crippen LogP contribution is -2.11. The Labute approximate surface area is 167 Å². The van der Waals surface area contributed by atoms with Gasteiger partial charge in [-0.25, -0.2) is 0 Å². The van der Waals surface area contributed by atoms with E-state index in [1.165, 1.54) is 26.2 Å². The maximum absolute atomic E-state index is 13.3. The normalized spacial score (nSPS) is 11.5. The number of carboxylic acids is 1. The Morgan fingerprint density at radius 2 is 1.80 bits per heavy atom. The van der Waals surface area contributed by atoms with E-state index >= 15 is 0 Å². The van der Waals surface area contributed by atoms with Gasteiger partial charge in [0.2, 0.25) is 0 Å². The van der Waals surface area contributed by atoms with Crippen LogP contribution in [-0.2, 0) is 17.4 Å². The molecule has 0 unspecified atom stereocenters. The summed E-state index contributed by atoms with van der Waals surface area (Å²) in [5.74, 6) is -2.40. The first kappa shape index (κ1) is 21.0. The third kappa shape index (κ3) is 4.00. The van der Waals surface area contributed by atoms with E-state index in [2.05, 4.69) is 10.2 Å². The summed E-state index contributed by atoms with van der Waals surface area (Å²) in [5.41, 5.74) is -0.729. The molecule has 3 rings (SSSR count). The standard InChI is InChI=1S/C19H16F3N3O5/c1-9-3-10(19(20,21)22)5-11(4-9)25-16(8-17(28)29)23-24-18(25)12-6-15(30-2)14(27)7-13(12)26/h3-7,26-27H,8H2,1-2H3,(H,28,29). The van der Waals surface area contributed by atoms with Crippen molar-refractivity contribution < 1.29 is 38.0 Å². The van der Waals surface area contributed by atoms with Crippen molar-refractivity contribution >= 4 is 5.97 Å². The Hall–Kier alpha value is -3.76. The maximum atomic E-state index is 13.3. The van der Waals surface area contributed by atoms with E-state index < -0.39 is 29.9 Å². The van der Waals surface area contributed by atoms with E-state index in [0.29, 0.717) is 0 Å². The number of benzene rings is 2. The topological polar surface area (TPSA) is 118 Å². The van der Waals surface area contributed by atoms with Gasteiger partial charge in [-0.1, -0.05) is 0 Å². The molecule has 158 valence electrons. The highest BCUT2D eigenvalue weighted by Gasteiger charge is 2.32. The van der Waals surface area contributed by atoms with Crippen LogP contribution in [0.3, 0.4) is 0 Å². The van der Waals surface area contributed by atoms with Crippen LogP contribution in [0.25, 0.3) is 17.1 Å². The number of aromatic hydroxyl groups is 2. The highest BCUT2D eigenvalue weighted by molar-refractivity contribution is 5.73. The van der Waals surface area contributed by atoms with Crippen molar-refractivity contribution in [1.29, 1.82) is 0 Å². The van der Waals surface area contributed by atoms with Crippen LogP contribution >= 0.6 is 0 Å². The van der Waals surface area contributed by atoms with Crippen LogP contribution in [0.1, 0.15) is 17.0 Å². The monoisotopic (exact) mass is 423 g/mol. The number of aliphatic carboxylic acids is 1. The molecule has 0 amide bonds. The predicted molar refractivity (Wildman–Crippen MR) is 97.8 cm³/mol. The molecule has 1 aromatic heterocycles. The SMILES string of the molecule is COc1cc(-c2nnc(CC(=O)O)n2-c2cc(C)cc(C(F)(F)F)c2)c(O)cc1O. The number of ether oxygens (including phenoxy) is 1. The average molecular weight is 423 g/mol. The van der Waals surface area contributed by atoms with Crippen LogP contribution in [0.4, 0.5) is 13.2 Å². The quantitative estimate of drug-likeness (QED) is 0.576. The molecule has 30 heavy (non-hydrogen) atoms. The van der Waals surface area contributed by atoms with Crippen molar-refractivity contribution in [2.45, 2.75) is 19.5 Å². The van der Waals surface area contributed by atoms with Crippen LogP contribution in [0.15, 0.2) is 30.3 Å². The largest absolute Gasteiger partial charge is 0.507 e. The van der Waals surface area contributed by atoms with Gasteiger partial charge in [-0.3, -0.25) is 9.36 Å². The predicted octanol–water partition coefficient (Wildman–Crippen LogP) is 3.31. The van der Waals surface area contributed by atoms with Crippen molar-refractivity contribution in [3.05, 3.63) is 47.3 Å². The lowest BCUT2D eigenvalue weighted by Gasteiger charge is -2.15. The molecule has 3 aromatic rings. The summed E-state index contributed by atoms with van der Waals surface area (Å²) in [5, 5.41) is 36.9. The van der Waals surface area contributed by atoms with Gasteiger partial charge in [0.25, 0.3) is 0 Å². The van der Waals surface area contributed by atoms with Gasteiger partial charge in [-0.05, 0) is 36.8 Å². The van der Waals surface area contributed by atoms with E-state index in [4.69, 9.17) is 9.84 Å². The van der Waals surface area contributed by atoms with Crippen molar-refractivity contribution in [2.24, 2.45) is 0 Å². The van der Waals surface area contributed by atoms with Crippen molar-refractivity contribution in [1.82, 2.24) is 14.8 Å². The number of carbonyl (C=O) groups is 1. The minimum Gasteiger partial charge on any atom is -0.507 e. The summed E-state index contributed by atoms with van der Waals surface area (Å²) in [6, 6.07) is 5.38. The second kappa shape index (κ2) is 7.58. The lowest BCUT2D eigenvalue weighted by atomic mass is 10.1. The van der Waals surface area contributed by atoms with Gasteiger partial charge in [0.05, 0.1) is 18.2 Å². The van der Waals surface area contributed by atoms with Crippen LogP contribution < -0.4 is 4.74 Å². The van der Waals surface area contributed by atoms with Crippen LogP contribution in [0.5, 0.6) is 17.2 Å². The molecular weight excluding hydrogens is 407 g/mol. The number of phenolic OH excluding ortho intramolecular Hbond substituents is 2. The molecule has 1 heterocycles. The van der Waals surface area contributed by atoms with E-state index in [9.17, 15) is 28.2 Å². The molecule has 0 bridgehead atoms. The highest BCUT2D eigenvalue weighted by atomic mass is 19.4. The van der Waals surface area contributed by atoms with E-state index in [1.54, 1.807) is 0 Å². The van der Waals surface area contributed by atoms with E-state index in [0.717, 1.165) is 22.8 Å². The number of phenols is 2. The fourth-order valence-corrected chi connectivity index (χ4v) is 2.97. The number of hydrogen-bond acceptors (Lipinski definition) is 6. The zero-order valence-corrected chi connectivity index (χ0v) is 15.7. The van der Waals surface area contributed by atoms with Crippen molar-refractivity contribution in [3.8, 4) is 34.3 Å². The number of carboxylic acid groups (broad SMARTS) is 1.